The van der Waals surface area contributed by atoms with E-state index in [4.69, 9.17) is 4.74 Å². The van der Waals surface area contributed by atoms with E-state index < -0.39 is 5.60 Å². The molecule has 1 aliphatic heterocycles. The molecule has 0 bridgehead atoms. The molecule has 1 rings (SSSR count). The lowest BCUT2D eigenvalue weighted by Gasteiger charge is -2.19. The average Bonchev–Trinajstić information content (AvgIpc) is 2.54. The summed E-state index contributed by atoms with van der Waals surface area (Å²) in [6.07, 6.45) is 4.27. The van der Waals surface area contributed by atoms with Crippen molar-refractivity contribution in [2.24, 2.45) is 0 Å². The zero-order chi connectivity index (χ0) is 14.5. The summed E-state index contributed by atoms with van der Waals surface area (Å²) in [5, 5.41) is 5.72. The Bertz CT molecular complexity index is 323. The molecule has 1 fully saturated rings. The summed E-state index contributed by atoms with van der Waals surface area (Å²) in [7, 11) is 0. The first-order valence-corrected chi connectivity index (χ1v) is 7.07. The van der Waals surface area contributed by atoms with Gasteiger partial charge in [0.2, 0.25) is 0 Å². The molecule has 2 unspecified atom stereocenters. The fourth-order valence-corrected chi connectivity index (χ4v) is 2.17. The van der Waals surface area contributed by atoms with Gasteiger partial charge in [-0.1, -0.05) is 12.8 Å². The third kappa shape index (κ3) is 6.45. The van der Waals surface area contributed by atoms with E-state index in [0.717, 1.165) is 25.7 Å². The Labute approximate surface area is 115 Å². The third-order valence-electron chi connectivity index (χ3n) is 3.09. The molecule has 2 amide bonds. The second kappa shape index (κ2) is 6.78. The molecule has 2 atom stereocenters. The number of hydrogen-bond acceptors (Lipinski definition) is 3. The normalized spacial score (nSPS) is 22.8. The summed E-state index contributed by atoms with van der Waals surface area (Å²) in [6, 6.07) is 0.332. The lowest BCUT2D eigenvalue weighted by Crippen LogP contribution is -2.30. The van der Waals surface area contributed by atoms with Gasteiger partial charge in [-0.15, -0.1) is 0 Å². The fraction of sp³-hybridized carbons (Fsp3) is 0.857. The highest BCUT2D eigenvalue weighted by atomic mass is 16.6. The number of unbranched alkanes of at least 4 members (excludes halogenated alkanes) is 2. The van der Waals surface area contributed by atoms with Gasteiger partial charge in [0.05, 0.1) is 6.04 Å². The van der Waals surface area contributed by atoms with Crippen LogP contribution in [0.15, 0.2) is 0 Å². The number of esters is 1. The highest BCUT2D eigenvalue weighted by Gasteiger charge is 2.26. The van der Waals surface area contributed by atoms with E-state index in [1.54, 1.807) is 0 Å². The van der Waals surface area contributed by atoms with Crippen LogP contribution in [0.1, 0.15) is 59.8 Å². The number of urea groups is 1. The Balaban J connectivity index is 2.05. The molecule has 0 aliphatic carbocycles. The lowest BCUT2D eigenvalue weighted by atomic mass is 10.0. The van der Waals surface area contributed by atoms with Crippen LogP contribution in [0, 0.1) is 0 Å². The van der Waals surface area contributed by atoms with Crippen molar-refractivity contribution in [1.82, 2.24) is 10.6 Å². The molecular weight excluding hydrogens is 244 g/mol. The molecule has 0 saturated carbocycles. The molecule has 0 aromatic rings. The smallest absolute Gasteiger partial charge is 0.315 e. The van der Waals surface area contributed by atoms with E-state index in [0.29, 0.717) is 6.42 Å². The number of ether oxygens (including phenoxy) is 1. The largest absolute Gasteiger partial charge is 0.460 e. The van der Waals surface area contributed by atoms with Gasteiger partial charge in [0.15, 0.2) is 0 Å². The van der Waals surface area contributed by atoms with E-state index in [9.17, 15) is 9.59 Å². The summed E-state index contributed by atoms with van der Waals surface area (Å²) >= 11 is 0. The average molecular weight is 270 g/mol. The van der Waals surface area contributed by atoms with Crippen LogP contribution in [0.4, 0.5) is 4.79 Å². The first kappa shape index (κ1) is 15.8. The van der Waals surface area contributed by atoms with E-state index in [1.165, 1.54) is 0 Å². The van der Waals surface area contributed by atoms with E-state index >= 15 is 0 Å². The van der Waals surface area contributed by atoms with Crippen LogP contribution < -0.4 is 10.6 Å². The predicted octanol–water partition coefficient (Wildman–Crippen LogP) is 2.35. The number of carbonyl (C=O) groups is 2. The third-order valence-corrected chi connectivity index (χ3v) is 3.09. The maximum absolute atomic E-state index is 11.5. The maximum atomic E-state index is 11.5. The first-order valence-electron chi connectivity index (χ1n) is 7.07. The fourth-order valence-electron chi connectivity index (χ4n) is 2.17. The number of rotatable bonds is 6. The molecule has 0 aromatic carbocycles. The van der Waals surface area contributed by atoms with Gasteiger partial charge in [-0.3, -0.25) is 4.79 Å². The number of carbonyl (C=O) groups excluding carboxylic acids is 2. The summed E-state index contributed by atoms with van der Waals surface area (Å²) < 4.78 is 5.24. The zero-order valence-corrected chi connectivity index (χ0v) is 12.4. The second-order valence-corrected chi connectivity index (χ2v) is 6.20. The molecule has 110 valence electrons. The molecule has 1 aliphatic rings. The Kier molecular flexibility index (Phi) is 5.63. The van der Waals surface area contributed by atoms with Gasteiger partial charge >= 0.3 is 12.0 Å². The minimum atomic E-state index is -0.397. The Morgan fingerprint density at radius 2 is 1.89 bits per heavy atom. The van der Waals surface area contributed by atoms with E-state index in [2.05, 4.69) is 10.6 Å². The predicted molar refractivity (Wildman–Crippen MR) is 73.8 cm³/mol. The van der Waals surface area contributed by atoms with Gasteiger partial charge < -0.3 is 15.4 Å². The monoisotopic (exact) mass is 270 g/mol. The summed E-state index contributed by atoms with van der Waals surface area (Å²) in [5.74, 6) is -0.128. The van der Waals surface area contributed by atoms with E-state index in [-0.39, 0.29) is 24.1 Å². The van der Waals surface area contributed by atoms with Crippen molar-refractivity contribution >= 4 is 12.0 Å². The van der Waals surface area contributed by atoms with Crippen LogP contribution in [0.5, 0.6) is 0 Å². The van der Waals surface area contributed by atoms with Crippen LogP contribution >= 0.6 is 0 Å². The van der Waals surface area contributed by atoms with Crippen molar-refractivity contribution in [1.29, 1.82) is 0 Å². The molecule has 0 radical (unpaired) electrons. The highest BCUT2D eigenvalue weighted by Crippen LogP contribution is 2.13. The van der Waals surface area contributed by atoms with Gasteiger partial charge in [-0.2, -0.15) is 0 Å². The van der Waals surface area contributed by atoms with Crippen molar-refractivity contribution in [3.8, 4) is 0 Å². The minimum Gasteiger partial charge on any atom is -0.460 e. The molecule has 0 spiro atoms. The quantitative estimate of drug-likeness (QED) is 0.575. The standard InChI is InChI=1S/C14H26N2O3/c1-10-11(16-13(18)15-10)8-6-5-7-9-12(17)19-14(2,3)4/h10-11H,5-9H2,1-4H3,(H2,15,16,18). The zero-order valence-electron chi connectivity index (χ0n) is 12.4. The second-order valence-electron chi connectivity index (χ2n) is 6.20. The molecule has 19 heavy (non-hydrogen) atoms. The van der Waals surface area contributed by atoms with Crippen molar-refractivity contribution in [3.63, 3.8) is 0 Å². The summed E-state index contributed by atoms with van der Waals surface area (Å²) in [4.78, 5) is 22.6. The van der Waals surface area contributed by atoms with E-state index in [1.807, 2.05) is 27.7 Å². The van der Waals surface area contributed by atoms with Crippen LogP contribution in [-0.4, -0.2) is 29.7 Å². The molecule has 1 saturated heterocycles. The van der Waals surface area contributed by atoms with Crippen molar-refractivity contribution < 1.29 is 14.3 Å². The molecule has 5 nitrogen and oxygen atoms in total. The number of nitrogens with one attached hydrogen (secondary N) is 2. The van der Waals surface area contributed by atoms with Gasteiger partial charge in [-0.05, 0) is 40.5 Å². The molecule has 5 heteroatoms. The Morgan fingerprint density at radius 3 is 2.42 bits per heavy atom. The van der Waals surface area contributed by atoms with Crippen LogP contribution in [0.25, 0.3) is 0 Å². The van der Waals surface area contributed by atoms with Crippen molar-refractivity contribution in [3.05, 3.63) is 0 Å². The maximum Gasteiger partial charge on any atom is 0.315 e. The summed E-state index contributed by atoms with van der Waals surface area (Å²) in [6.45, 7) is 7.63. The topological polar surface area (TPSA) is 67.4 Å². The van der Waals surface area contributed by atoms with Crippen LogP contribution in [0.3, 0.4) is 0 Å². The highest BCUT2D eigenvalue weighted by molar-refractivity contribution is 5.77. The van der Waals surface area contributed by atoms with Gasteiger partial charge in [0.25, 0.3) is 0 Å². The Morgan fingerprint density at radius 1 is 1.21 bits per heavy atom. The van der Waals surface area contributed by atoms with Gasteiger partial charge in [-0.25, -0.2) is 4.79 Å². The van der Waals surface area contributed by atoms with Crippen molar-refractivity contribution in [2.75, 3.05) is 0 Å². The number of hydrogen-bond donors (Lipinski definition) is 2. The molecular formula is C14H26N2O3. The molecule has 1 heterocycles. The minimum absolute atomic E-state index is 0.0775. The molecule has 0 aromatic heterocycles. The van der Waals surface area contributed by atoms with Crippen LogP contribution in [-0.2, 0) is 9.53 Å². The van der Waals surface area contributed by atoms with Gasteiger partial charge in [0, 0.05) is 12.5 Å². The Hall–Kier alpha value is -1.26. The molecule has 2 N–H and O–H groups in total. The SMILES string of the molecule is CC1NC(=O)NC1CCCCCC(=O)OC(C)(C)C. The van der Waals surface area contributed by atoms with Crippen molar-refractivity contribution in [2.45, 2.75) is 77.5 Å². The number of amides is 2. The first-order chi connectivity index (χ1) is 8.78. The summed E-state index contributed by atoms with van der Waals surface area (Å²) in [5.41, 5.74) is -0.397. The lowest BCUT2D eigenvalue weighted by molar-refractivity contribution is -0.154. The van der Waals surface area contributed by atoms with Gasteiger partial charge in [0.1, 0.15) is 5.60 Å². The van der Waals surface area contributed by atoms with Crippen LogP contribution in [0.2, 0.25) is 0 Å².